The Kier molecular flexibility index (Phi) is 3.70. The van der Waals surface area contributed by atoms with Crippen LogP contribution < -0.4 is 4.74 Å². The van der Waals surface area contributed by atoms with Gasteiger partial charge >= 0.3 is 0 Å². The van der Waals surface area contributed by atoms with E-state index in [0.717, 1.165) is 5.56 Å². The van der Waals surface area contributed by atoms with Crippen LogP contribution in [0.15, 0.2) is 42.5 Å². The molecule has 0 aliphatic carbocycles. The third kappa shape index (κ3) is 2.91. The van der Waals surface area contributed by atoms with Crippen LogP contribution >= 0.6 is 23.2 Å². The van der Waals surface area contributed by atoms with Crippen LogP contribution in [0, 0.1) is 6.07 Å². The zero-order valence-electron chi connectivity index (χ0n) is 8.41. The van der Waals surface area contributed by atoms with Gasteiger partial charge in [0.15, 0.2) is 0 Å². The third-order valence-electron chi connectivity index (χ3n) is 2.06. The van der Waals surface area contributed by atoms with Crippen LogP contribution in [0.5, 0.6) is 5.75 Å². The Bertz CT molecular complexity index is 483. The first-order valence-corrected chi connectivity index (χ1v) is 5.54. The van der Waals surface area contributed by atoms with Gasteiger partial charge in [-0.05, 0) is 35.9 Å². The van der Waals surface area contributed by atoms with Crippen LogP contribution in [0.4, 0.5) is 0 Å². The molecule has 2 aromatic rings. The van der Waals surface area contributed by atoms with Gasteiger partial charge in [-0.25, -0.2) is 0 Å². The van der Waals surface area contributed by atoms with Crippen LogP contribution in [0.25, 0.3) is 0 Å². The molecule has 0 bridgehead atoms. The van der Waals surface area contributed by atoms with Gasteiger partial charge in [-0.3, -0.25) is 0 Å². The third-order valence-corrected chi connectivity index (χ3v) is 2.59. The molecule has 16 heavy (non-hydrogen) atoms. The van der Waals surface area contributed by atoms with E-state index in [1.54, 1.807) is 18.2 Å². The van der Waals surface area contributed by atoms with E-state index in [4.69, 9.17) is 27.9 Å². The van der Waals surface area contributed by atoms with Crippen LogP contribution in [0.2, 0.25) is 10.0 Å². The van der Waals surface area contributed by atoms with Gasteiger partial charge in [0.2, 0.25) is 0 Å². The summed E-state index contributed by atoms with van der Waals surface area (Å²) in [5.74, 6) is 0.653. The lowest BCUT2D eigenvalue weighted by atomic mass is 10.2. The number of hydrogen-bond acceptors (Lipinski definition) is 1. The van der Waals surface area contributed by atoms with Crippen molar-refractivity contribution >= 4 is 23.2 Å². The molecule has 0 aliphatic heterocycles. The molecule has 2 aromatic carbocycles. The van der Waals surface area contributed by atoms with Gasteiger partial charge in [0.1, 0.15) is 12.4 Å². The highest BCUT2D eigenvalue weighted by atomic mass is 35.5. The second-order valence-corrected chi connectivity index (χ2v) is 4.12. The molecule has 0 unspecified atom stereocenters. The van der Waals surface area contributed by atoms with Crippen LogP contribution in [0.1, 0.15) is 5.56 Å². The lowest BCUT2D eigenvalue weighted by Gasteiger charge is -2.07. The first-order chi connectivity index (χ1) is 7.75. The van der Waals surface area contributed by atoms with Crippen molar-refractivity contribution < 1.29 is 4.74 Å². The van der Waals surface area contributed by atoms with E-state index in [2.05, 4.69) is 6.07 Å². The topological polar surface area (TPSA) is 9.23 Å². The van der Waals surface area contributed by atoms with E-state index in [1.807, 2.05) is 24.3 Å². The number of benzene rings is 2. The van der Waals surface area contributed by atoms with Crippen LogP contribution in [0.3, 0.4) is 0 Å². The summed E-state index contributed by atoms with van der Waals surface area (Å²) in [5.41, 5.74) is 1.01. The quantitative estimate of drug-likeness (QED) is 0.787. The highest BCUT2D eigenvalue weighted by molar-refractivity contribution is 6.32. The average molecular weight is 252 g/mol. The van der Waals surface area contributed by atoms with Gasteiger partial charge in [0.25, 0.3) is 0 Å². The normalized spacial score (nSPS) is 10.1. The number of ether oxygens (including phenoxy) is 1. The fraction of sp³-hybridized carbons (Fsp3) is 0.0769. The summed E-state index contributed by atoms with van der Waals surface area (Å²) in [7, 11) is 0. The van der Waals surface area contributed by atoms with Gasteiger partial charge in [0.05, 0.1) is 5.02 Å². The van der Waals surface area contributed by atoms with Crippen molar-refractivity contribution in [1.29, 1.82) is 0 Å². The van der Waals surface area contributed by atoms with Crippen molar-refractivity contribution in [3.63, 3.8) is 0 Å². The van der Waals surface area contributed by atoms with Crippen molar-refractivity contribution in [3.05, 3.63) is 64.1 Å². The van der Waals surface area contributed by atoms with Gasteiger partial charge in [-0.15, -0.1) is 0 Å². The summed E-state index contributed by atoms with van der Waals surface area (Å²) >= 11 is 11.8. The minimum absolute atomic E-state index is 0.449. The van der Waals surface area contributed by atoms with Gasteiger partial charge < -0.3 is 4.74 Å². The number of rotatable bonds is 3. The minimum Gasteiger partial charge on any atom is -0.487 e. The van der Waals surface area contributed by atoms with Crippen LogP contribution in [-0.2, 0) is 6.61 Å². The summed E-state index contributed by atoms with van der Waals surface area (Å²) < 4.78 is 5.57. The molecular weight excluding hydrogens is 243 g/mol. The maximum absolute atomic E-state index is 5.94. The standard InChI is InChI=1S/C13H9Cl2O/c14-11-5-3-4-10(8-11)9-16-13-7-2-1-6-12(13)15/h2-8H,9H2. The first kappa shape index (κ1) is 11.3. The highest BCUT2D eigenvalue weighted by Gasteiger charge is 2.00. The molecule has 0 saturated carbocycles. The van der Waals surface area contributed by atoms with Gasteiger partial charge in [-0.1, -0.05) is 41.4 Å². The smallest absolute Gasteiger partial charge is 0.138 e. The van der Waals surface area contributed by atoms with E-state index < -0.39 is 0 Å². The van der Waals surface area contributed by atoms with Gasteiger partial charge in [0, 0.05) is 5.02 Å². The average Bonchev–Trinajstić information content (AvgIpc) is 2.28. The lowest BCUT2D eigenvalue weighted by Crippen LogP contribution is -1.95. The van der Waals surface area contributed by atoms with E-state index in [-0.39, 0.29) is 0 Å². The van der Waals surface area contributed by atoms with E-state index in [0.29, 0.717) is 22.4 Å². The monoisotopic (exact) mass is 251 g/mol. The maximum atomic E-state index is 5.94. The Morgan fingerprint density at radius 2 is 2.06 bits per heavy atom. The summed E-state index contributed by atoms with van der Waals surface area (Å²) in [5, 5.41) is 1.26. The largest absolute Gasteiger partial charge is 0.487 e. The van der Waals surface area contributed by atoms with Crippen LogP contribution in [-0.4, -0.2) is 0 Å². The maximum Gasteiger partial charge on any atom is 0.138 e. The SMILES string of the molecule is Clc1cccc(COc2cc[c]cc2Cl)c1. The van der Waals surface area contributed by atoms with E-state index in [9.17, 15) is 0 Å². The van der Waals surface area contributed by atoms with Crippen molar-refractivity contribution in [2.24, 2.45) is 0 Å². The molecule has 0 spiro atoms. The summed E-state index contributed by atoms with van der Waals surface area (Å²) in [6, 6.07) is 15.6. The predicted molar refractivity (Wildman–Crippen MR) is 66.1 cm³/mol. The molecule has 0 aromatic heterocycles. The summed E-state index contributed by atoms with van der Waals surface area (Å²) in [6.07, 6.45) is 0. The number of hydrogen-bond donors (Lipinski definition) is 0. The molecular formula is C13H9Cl2O. The molecule has 0 N–H and O–H groups in total. The Hall–Kier alpha value is -1.18. The molecule has 0 fully saturated rings. The zero-order valence-corrected chi connectivity index (χ0v) is 9.92. The van der Waals surface area contributed by atoms with E-state index >= 15 is 0 Å². The summed E-state index contributed by atoms with van der Waals surface area (Å²) in [4.78, 5) is 0. The van der Waals surface area contributed by atoms with Crippen molar-refractivity contribution in [3.8, 4) is 5.75 Å². The fourth-order valence-electron chi connectivity index (χ4n) is 1.30. The molecule has 1 nitrogen and oxygen atoms in total. The Balaban J connectivity index is 2.05. The summed E-state index contributed by atoms with van der Waals surface area (Å²) in [6.45, 7) is 0.449. The zero-order chi connectivity index (χ0) is 11.4. The molecule has 0 atom stereocenters. The molecule has 0 heterocycles. The molecule has 81 valence electrons. The van der Waals surface area contributed by atoms with E-state index in [1.165, 1.54) is 0 Å². The molecule has 0 amide bonds. The second-order valence-electron chi connectivity index (χ2n) is 3.28. The molecule has 2 rings (SSSR count). The second kappa shape index (κ2) is 5.24. The molecule has 0 aliphatic rings. The van der Waals surface area contributed by atoms with Crippen molar-refractivity contribution in [2.45, 2.75) is 6.61 Å². The van der Waals surface area contributed by atoms with Crippen molar-refractivity contribution in [1.82, 2.24) is 0 Å². The Morgan fingerprint density at radius 1 is 1.19 bits per heavy atom. The molecule has 1 radical (unpaired) electrons. The first-order valence-electron chi connectivity index (χ1n) is 4.78. The lowest BCUT2D eigenvalue weighted by molar-refractivity contribution is 0.306. The Morgan fingerprint density at radius 3 is 2.81 bits per heavy atom. The van der Waals surface area contributed by atoms with Crippen molar-refractivity contribution in [2.75, 3.05) is 0 Å². The number of halogens is 2. The minimum atomic E-state index is 0.449. The molecule has 0 saturated heterocycles. The predicted octanol–water partition coefficient (Wildman–Crippen LogP) is 4.37. The van der Waals surface area contributed by atoms with Gasteiger partial charge in [-0.2, -0.15) is 0 Å². The Labute approximate surface area is 105 Å². The molecule has 3 heteroatoms. The fourth-order valence-corrected chi connectivity index (χ4v) is 1.69. The highest BCUT2D eigenvalue weighted by Crippen LogP contribution is 2.24.